The quantitative estimate of drug-likeness (QED) is 0.797. The van der Waals surface area contributed by atoms with Gasteiger partial charge in [-0.05, 0) is 24.6 Å². The molecule has 2 aromatic heterocycles. The Morgan fingerprint density at radius 1 is 1.28 bits per heavy atom. The van der Waals surface area contributed by atoms with Gasteiger partial charge in [-0.25, -0.2) is 0 Å². The van der Waals surface area contributed by atoms with Gasteiger partial charge in [0.15, 0.2) is 5.69 Å². The molecule has 0 bridgehead atoms. The molecule has 2 atom stereocenters. The number of carbonyl (C=O) groups excluding carboxylic acids is 1. The van der Waals surface area contributed by atoms with E-state index < -0.39 is 0 Å². The largest absolute Gasteiger partial charge is 0.384 e. The van der Waals surface area contributed by atoms with Gasteiger partial charge in [-0.2, -0.15) is 0 Å². The monoisotopic (exact) mass is 345 g/mol. The van der Waals surface area contributed by atoms with E-state index in [1.54, 1.807) is 33.5 Å². The van der Waals surface area contributed by atoms with Crippen LogP contribution in [0.5, 0.6) is 0 Å². The Hall–Kier alpha value is -2.25. The highest BCUT2D eigenvalue weighted by Gasteiger charge is 2.38. The third-order valence-electron chi connectivity index (χ3n) is 4.72. The average Bonchev–Trinajstić information content (AvgIpc) is 3.21. The number of rotatable bonds is 6. The molecular formula is C18H23N3O4. The van der Waals surface area contributed by atoms with E-state index in [1.165, 1.54) is 5.56 Å². The summed E-state index contributed by atoms with van der Waals surface area (Å²) >= 11 is 0. The molecule has 1 fully saturated rings. The SMILES string of the molecule is COCc1c(C(=O)N2C[C@@H](COC)[C@H](c3ccncc3)C2)noc1C. The number of carbonyl (C=O) groups is 1. The van der Waals surface area contributed by atoms with Crippen LogP contribution in [-0.4, -0.2) is 54.9 Å². The van der Waals surface area contributed by atoms with Gasteiger partial charge in [-0.1, -0.05) is 5.16 Å². The number of amides is 1. The molecule has 7 heteroatoms. The molecule has 0 aromatic carbocycles. The lowest BCUT2D eigenvalue weighted by molar-refractivity contribution is 0.0761. The Labute approximate surface area is 146 Å². The van der Waals surface area contributed by atoms with Crippen LogP contribution in [0.2, 0.25) is 0 Å². The molecule has 3 rings (SSSR count). The number of ether oxygens (including phenoxy) is 2. The Bertz CT molecular complexity index is 716. The van der Waals surface area contributed by atoms with Crippen molar-refractivity contribution in [2.45, 2.75) is 19.4 Å². The fourth-order valence-electron chi connectivity index (χ4n) is 3.43. The molecule has 0 spiro atoms. The van der Waals surface area contributed by atoms with E-state index >= 15 is 0 Å². The number of aryl methyl sites for hydroxylation is 1. The summed E-state index contributed by atoms with van der Waals surface area (Å²) in [5, 5.41) is 3.96. The fourth-order valence-corrected chi connectivity index (χ4v) is 3.43. The van der Waals surface area contributed by atoms with E-state index in [0.29, 0.717) is 43.3 Å². The van der Waals surface area contributed by atoms with E-state index in [1.807, 2.05) is 17.0 Å². The van der Waals surface area contributed by atoms with Crippen LogP contribution >= 0.6 is 0 Å². The van der Waals surface area contributed by atoms with Crippen LogP contribution in [0, 0.1) is 12.8 Å². The molecule has 134 valence electrons. The Kier molecular flexibility index (Phi) is 5.45. The molecule has 2 aromatic rings. The summed E-state index contributed by atoms with van der Waals surface area (Å²) in [5.74, 6) is 0.936. The van der Waals surface area contributed by atoms with Crippen molar-refractivity contribution in [3.63, 3.8) is 0 Å². The van der Waals surface area contributed by atoms with Crippen molar-refractivity contribution in [1.82, 2.24) is 15.0 Å². The first-order chi connectivity index (χ1) is 12.2. The van der Waals surface area contributed by atoms with Crippen molar-refractivity contribution < 1.29 is 18.8 Å². The molecule has 0 unspecified atom stereocenters. The van der Waals surface area contributed by atoms with Crippen molar-refractivity contribution in [2.24, 2.45) is 5.92 Å². The zero-order valence-electron chi connectivity index (χ0n) is 14.8. The summed E-state index contributed by atoms with van der Waals surface area (Å²) in [6, 6.07) is 4.00. The summed E-state index contributed by atoms with van der Waals surface area (Å²) in [7, 11) is 3.27. The highest BCUT2D eigenvalue weighted by Crippen LogP contribution is 2.33. The van der Waals surface area contributed by atoms with Crippen molar-refractivity contribution in [3.8, 4) is 0 Å². The minimum Gasteiger partial charge on any atom is -0.384 e. The smallest absolute Gasteiger partial charge is 0.276 e. The predicted molar refractivity (Wildman–Crippen MR) is 90.2 cm³/mol. The molecule has 0 radical (unpaired) electrons. The number of pyridine rings is 1. The van der Waals surface area contributed by atoms with Crippen LogP contribution in [0.3, 0.4) is 0 Å². The molecule has 0 N–H and O–H groups in total. The maximum absolute atomic E-state index is 13.0. The zero-order chi connectivity index (χ0) is 17.8. The van der Waals surface area contributed by atoms with Crippen molar-refractivity contribution in [3.05, 3.63) is 47.1 Å². The van der Waals surface area contributed by atoms with E-state index in [-0.39, 0.29) is 17.7 Å². The van der Waals surface area contributed by atoms with Gasteiger partial charge in [0.1, 0.15) is 5.76 Å². The third kappa shape index (κ3) is 3.57. The summed E-state index contributed by atoms with van der Waals surface area (Å²) in [6.45, 7) is 3.93. The van der Waals surface area contributed by atoms with Gasteiger partial charge in [-0.3, -0.25) is 9.78 Å². The van der Waals surface area contributed by atoms with Gasteiger partial charge in [-0.15, -0.1) is 0 Å². The topological polar surface area (TPSA) is 77.7 Å². The summed E-state index contributed by atoms with van der Waals surface area (Å²) in [6.07, 6.45) is 3.56. The third-order valence-corrected chi connectivity index (χ3v) is 4.72. The molecule has 1 amide bonds. The first-order valence-electron chi connectivity index (χ1n) is 8.28. The molecule has 1 aliphatic rings. The molecule has 3 heterocycles. The normalized spacial score (nSPS) is 20.2. The highest BCUT2D eigenvalue weighted by atomic mass is 16.5. The van der Waals surface area contributed by atoms with Crippen LogP contribution in [0.25, 0.3) is 0 Å². The maximum atomic E-state index is 13.0. The second-order valence-corrected chi connectivity index (χ2v) is 6.31. The lowest BCUT2D eigenvalue weighted by atomic mass is 9.90. The highest BCUT2D eigenvalue weighted by molar-refractivity contribution is 5.94. The number of methoxy groups -OCH3 is 2. The van der Waals surface area contributed by atoms with Crippen molar-refractivity contribution in [2.75, 3.05) is 33.9 Å². The lowest BCUT2D eigenvalue weighted by Gasteiger charge is -2.17. The standard InChI is InChI=1S/C18H23N3O4/c1-12-16(11-24-3)17(20-25-12)18(22)21-8-14(10-23-2)15(9-21)13-4-6-19-7-5-13/h4-7,14-15H,8-11H2,1-3H3/t14-,15-/m0/s1. The first-order valence-corrected chi connectivity index (χ1v) is 8.28. The average molecular weight is 345 g/mol. The minimum absolute atomic E-state index is 0.124. The second kappa shape index (κ2) is 7.76. The molecule has 7 nitrogen and oxygen atoms in total. The number of likely N-dealkylation sites (tertiary alicyclic amines) is 1. The molecular weight excluding hydrogens is 322 g/mol. The van der Waals surface area contributed by atoms with Crippen LogP contribution in [-0.2, 0) is 16.1 Å². The Morgan fingerprint density at radius 2 is 2.04 bits per heavy atom. The second-order valence-electron chi connectivity index (χ2n) is 6.31. The number of aromatic nitrogens is 2. The molecule has 0 saturated carbocycles. The van der Waals surface area contributed by atoms with E-state index in [2.05, 4.69) is 10.1 Å². The summed E-state index contributed by atoms with van der Waals surface area (Å²) < 4.78 is 15.7. The van der Waals surface area contributed by atoms with Gasteiger partial charge in [0.25, 0.3) is 5.91 Å². The van der Waals surface area contributed by atoms with Crippen molar-refractivity contribution >= 4 is 5.91 Å². The van der Waals surface area contributed by atoms with Gasteiger partial charge in [0, 0.05) is 51.5 Å². The van der Waals surface area contributed by atoms with E-state index in [9.17, 15) is 4.79 Å². The Balaban J connectivity index is 1.82. The molecule has 1 saturated heterocycles. The summed E-state index contributed by atoms with van der Waals surface area (Å²) in [5.41, 5.74) is 2.22. The molecule has 25 heavy (non-hydrogen) atoms. The van der Waals surface area contributed by atoms with E-state index in [0.717, 1.165) is 0 Å². The van der Waals surface area contributed by atoms with Crippen LogP contribution in [0.4, 0.5) is 0 Å². The maximum Gasteiger partial charge on any atom is 0.276 e. The van der Waals surface area contributed by atoms with Crippen LogP contribution in [0.1, 0.15) is 33.3 Å². The van der Waals surface area contributed by atoms with Crippen molar-refractivity contribution in [1.29, 1.82) is 0 Å². The Morgan fingerprint density at radius 3 is 2.72 bits per heavy atom. The summed E-state index contributed by atoms with van der Waals surface area (Å²) in [4.78, 5) is 18.9. The van der Waals surface area contributed by atoms with Crippen LogP contribution in [0.15, 0.2) is 29.0 Å². The van der Waals surface area contributed by atoms with Gasteiger partial charge < -0.3 is 18.9 Å². The molecule has 1 aliphatic heterocycles. The van der Waals surface area contributed by atoms with Gasteiger partial charge in [0.2, 0.25) is 0 Å². The first kappa shape index (κ1) is 17.6. The fraction of sp³-hybridized carbons (Fsp3) is 0.500. The van der Waals surface area contributed by atoms with Gasteiger partial charge >= 0.3 is 0 Å². The number of hydrogen-bond donors (Lipinski definition) is 0. The van der Waals surface area contributed by atoms with E-state index in [4.69, 9.17) is 14.0 Å². The molecule has 0 aliphatic carbocycles. The predicted octanol–water partition coefficient (Wildman–Crippen LogP) is 2.03. The van der Waals surface area contributed by atoms with Gasteiger partial charge in [0.05, 0.1) is 18.8 Å². The number of hydrogen-bond acceptors (Lipinski definition) is 6. The lowest BCUT2D eigenvalue weighted by Crippen LogP contribution is -2.30. The zero-order valence-corrected chi connectivity index (χ0v) is 14.8. The minimum atomic E-state index is -0.124. The number of nitrogens with zero attached hydrogens (tertiary/aromatic N) is 3. The van der Waals surface area contributed by atoms with Crippen LogP contribution < -0.4 is 0 Å².